The van der Waals surface area contributed by atoms with Crippen molar-refractivity contribution < 1.29 is 28.0 Å². The van der Waals surface area contributed by atoms with Gasteiger partial charge in [-0.05, 0) is 36.9 Å². The quantitative estimate of drug-likeness (QED) is 0.207. The van der Waals surface area contributed by atoms with Gasteiger partial charge in [0.1, 0.15) is 16.7 Å². The molecule has 0 aliphatic heterocycles. The highest BCUT2D eigenvalue weighted by molar-refractivity contribution is 7.98. The Bertz CT molecular complexity index is 1060. The molecule has 0 unspecified atom stereocenters. The molecule has 0 aliphatic rings. The number of nitriles is 1. The molecule has 0 saturated heterocycles. The molecule has 5 N–H and O–H groups in total. The van der Waals surface area contributed by atoms with Crippen LogP contribution in [0.4, 0.5) is 24.9 Å². The molecule has 0 radical (unpaired) electrons. The summed E-state index contributed by atoms with van der Waals surface area (Å²) in [6, 6.07) is 3.34. The molecule has 0 saturated carbocycles. The zero-order chi connectivity index (χ0) is 23.3. The van der Waals surface area contributed by atoms with Crippen molar-refractivity contribution in [2.24, 2.45) is 0 Å². The summed E-state index contributed by atoms with van der Waals surface area (Å²) in [5.74, 6) is -1.79. The van der Waals surface area contributed by atoms with Crippen LogP contribution in [0.25, 0.3) is 0 Å². The van der Waals surface area contributed by atoms with E-state index in [9.17, 15) is 28.0 Å². The van der Waals surface area contributed by atoms with Crippen LogP contribution in [0.2, 0.25) is 0 Å². The van der Waals surface area contributed by atoms with E-state index in [1.54, 1.807) is 6.26 Å². The number of carbonyl (C=O) groups excluding carboxylic acids is 2. The number of nitrogens with zero attached hydrogens (tertiary/aromatic N) is 3. The number of nitrogen functional groups attached to an aromatic ring is 1. The SMILES string of the molecule is C.CSc1nc(N)nc(N[C@@H](C)C(=O)Cc2cc(C(=O)NO)cc(C(F)(F)F)c2)c1C#N. The lowest BCUT2D eigenvalue weighted by atomic mass is 9.99. The van der Waals surface area contributed by atoms with Gasteiger partial charge in [0.05, 0.1) is 11.6 Å². The molecule has 1 atom stereocenters. The van der Waals surface area contributed by atoms with Gasteiger partial charge in [0.2, 0.25) is 5.95 Å². The molecule has 172 valence electrons. The molecule has 13 heteroatoms. The minimum Gasteiger partial charge on any atom is -0.368 e. The second kappa shape index (κ2) is 10.8. The van der Waals surface area contributed by atoms with Crippen molar-refractivity contribution in [3.05, 3.63) is 40.5 Å². The lowest BCUT2D eigenvalue weighted by molar-refractivity contribution is -0.137. The zero-order valence-corrected chi connectivity index (χ0v) is 17.1. The van der Waals surface area contributed by atoms with Crippen molar-refractivity contribution in [3.8, 4) is 6.07 Å². The predicted octanol–water partition coefficient (Wildman–Crippen LogP) is 3.04. The first-order chi connectivity index (χ1) is 14.5. The first-order valence-corrected chi connectivity index (χ1v) is 9.79. The van der Waals surface area contributed by atoms with Gasteiger partial charge in [-0.25, -0.2) is 10.5 Å². The van der Waals surface area contributed by atoms with Crippen LogP contribution in [0.3, 0.4) is 0 Å². The van der Waals surface area contributed by atoms with Crippen molar-refractivity contribution in [2.45, 2.75) is 38.0 Å². The highest BCUT2D eigenvalue weighted by atomic mass is 32.2. The van der Waals surface area contributed by atoms with Crippen molar-refractivity contribution >= 4 is 35.2 Å². The van der Waals surface area contributed by atoms with Gasteiger partial charge in [0.15, 0.2) is 11.6 Å². The third kappa shape index (κ3) is 6.32. The van der Waals surface area contributed by atoms with Crippen molar-refractivity contribution in [3.63, 3.8) is 0 Å². The normalized spacial score (nSPS) is 11.7. The highest BCUT2D eigenvalue weighted by Gasteiger charge is 2.32. The van der Waals surface area contributed by atoms with Crippen LogP contribution in [0.15, 0.2) is 23.2 Å². The summed E-state index contributed by atoms with van der Waals surface area (Å²) in [7, 11) is 0. The Hall–Kier alpha value is -3.37. The lowest BCUT2D eigenvalue weighted by Crippen LogP contribution is -2.29. The number of benzene rings is 1. The van der Waals surface area contributed by atoms with E-state index in [2.05, 4.69) is 15.3 Å². The monoisotopic (exact) mass is 470 g/mol. The van der Waals surface area contributed by atoms with Crippen molar-refractivity contribution in [2.75, 3.05) is 17.3 Å². The Balaban J connectivity index is 0.00000512. The predicted molar refractivity (Wildman–Crippen MR) is 112 cm³/mol. The van der Waals surface area contributed by atoms with Gasteiger partial charge < -0.3 is 11.1 Å². The Morgan fingerprint density at radius 1 is 1.31 bits per heavy atom. The van der Waals surface area contributed by atoms with Gasteiger partial charge in [-0.2, -0.15) is 23.4 Å². The standard InChI is InChI=1S/C18H17F3N6O3S.CH4/c1-8(24-14-12(7-22)16(31-2)26-17(23)25-14)13(28)5-9-3-10(15(29)27-30)6-11(4-9)18(19,20)21;/h3-4,6,8,30H,5H2,1-2H3,(H,27,29)(H3,23,24,25,26);1H4/t8-;/m0./s1. The molecule has 1 amide bonds. The van der Waals surface area contributed by atoms with E-state index in [1.807, 2.05) is 6.07 Å². The molecule has 1 heterocycles. The van der Waals surface area contributed by atoms with E-state index in [4.69, 9.17) is 10.9 Å². The van der Waals surface area contributed by atoms with E-state index < -0.39 is 41.5 Å². The second-order valence-electron chi connectivity index (χ2n) is 6.29. The number of amides is 1. The molecule has 9 nitrogen and oxygen atoms in total. The van der Waals surface area contributed by atoms with Crippen LogP contribution in [0.1, 0.15) is 41.4 Å². The molecule has 0 bridgehead atoms. The number of hydrogen-bond acceptors (Lipinski definition) is 9. The fraction of sp³-hybridized carbons (Fsp3) is 0.316. The number of Topliss-reactive ketones (excluding diaryl/α,β-unsaturated/α-hetero) is 1. The third-order valence-electron chi connectivity index (χ3n) is 4.10. The van der Waals surface area contributed by atoms with Crippen LogP contribution >= 0.6 is 11.8 Å². The summed E-state index contributed by atoms with van der Waals surface area (Å²) in [4.78, 5) is 32.0. The number of ketones is 1. The molecule has 1 aromatic carbocycles. The Morgan fingerprint density at radius 3 is 2.50 bits per heavy atom. The number of thioether (sulfide) groups is 1. The number of rotatable bonds is 7. The number of nitrogens with two attached hydrogens (primary N) is 1. The topological polar surface area (TPSA) is 154 Å². The molecule has 0 fully saturated rings. The van der Waals surface area contributed by atoms with Crippen molar-refractivity contribution in [1.82, 2.24) is 15.4 Å². The lowest BCUT2D eigenvalue weighted by Gasteiger charge is -2.16. The van der Waals surface area contributed by atoms with E-state index in [1.165, 1.54) is 12.4 Å². The van der Waals surface area contributed by atoms with Gasteiger partial charge in [0, 0.05) is 12.0 Å². The van der Waals surface area contributed by atoms with Crippen LogP contribution in [-0.4, -0.2) is 39.2 Å². The highest BCUT2D eigenvalue weighted by Crippen LogP contribution is 2.31. The minimum atomic E-state index is -4.76. The molecular weight excluding hydrogens is 449 g/mol. The van der Waals surface area contributed by atoms with E-state index in [-0.39, 0.29) is 30.3 Å². The second-order valence-corrected chi connectivity index (χ2v) is 7.09. The Morgan fingerprint density at radius 2 is 1.97 bits per heavy atom. The number of nitrogens with one attached hydrogen (secondary N) is 2. The number of hydrogen-bond donors (Lipinski definition) is 4. The summed E-state index contributed by atoms with van der Waals surface area (Å²) in [5.41, 5.74) is 5.27. The summed E-state index contributed by atoms with van der Waals surface area (Å²) < 4.78 is 39.4. The van der Waals surface area contributed by atoms with Crippen LogP contribution < -0.4 is 16.5 Å². The van der Waals surface area contributed by atoms with Crippen LogP contribution in [0.5, 0.6) is 0 Å². The first-order valence-electron chi connectivity index (χ1n) is 8.56. The molecular formula is C19H21F3N6O3S. The molecule has 0 aliphatic carbocycles. The molecule has 2 aromatic rings. The van der Waals surface area contributed by atoms with Gasteiger partial charge in [0.25, 0.3) is 5.91 Å². The molecule has 32 heavy (non-hydrogen) atoms. The summed E-state index contributed by atoms with van der Waals surface area (Å²) >= 11 is 1.15. The summed E-state index contributed by atoms with van der Waals surface area (Å²) in [5, 5.41) is 21.1. The Labute approximate surface area is 186 Å². The first kappa shape index (κ1) is 26.7. The van der Waals surface area contributed by atoms with Gasteiger partial charge in [-0.1, -0.05) is 7.43 Å². The average molecular weight is 470 g/mol. The number of alkyl halides is 3. The van der Waals surface area contributed by atoms with Gasteiger partial charge in [-0.3, -0.25) is 14.8 Å². The maximum atomic E-state index is 13.1. The number of carbonyl (C=O) groups is 2. The molecule has 2 rings (SSSR count). The largest absolute Gasteiger partial charge is 0.416 e. The number of hydroxylamine groups is 1. The molecule has 0 spiro atoms. The summed E-state index contributed by atoms with van der Waals surface area (Å²) in [6.45, 7) is 1.44. The van der Waals surface area contributed by atoms with Crippen LogP contribution in [0, 0.1) is 11.3 Å². The maximum absolute atomic E-state index is 13.1. The maximum Gasteiger partial charge on any atom is 0.416 e. The fourth-order valence-corrected chi connectivity index (χ4v) is 3.13. The smallest absolute Gasteiger partial charge is 0.368 e. The van der Waals surface area contributed by atoms with Crippen LogP contribution in [-0.2, 0) is 17.4 Å². The van der Waals surface area contributed by atoms with Gasteiger partial charge >= 0.3 is 6.18 Å². The van der Waals surface area contributed by atoms with E-state index >= 15 is 0 Å². The third-order valence-corrected chi connectivity index (χ3v) is 4.78. The fourth-order valence-electron chi connectivity index (χ4n) is 2.60. The van der Waals surface area contributed by atoms with E-state index in [0.29, 0.717) is 11.1 Å². The van der Waals surface area contributed by atoms with E-state index in [0.717, 1.165) is 23.9 Å². The molecule has 1 aromatic heterocycles. The zero-order valence-electron chi connectivity index (χ0n) is 16.2. The number of aromatic nitrogens is 2. The minimum absolute atomic E-state index is 0. The number of anilines is 2. The number of halogens is 3. The summed E-state index contributed by atoms with van der Waals surface area (Å²) in [6.07, 6.45) is -3.54. The Kier molecular flexibility index (Phi) is 8.98. The van der Waals surface area contributed by atoms with Gasteiger partial charge in [-0.15, -0.1) is 11.8 Å². The average Bonchev–Trinajstić information content (AvgIpc) is 2.71. The van der Waals surface area contributed by atoms with Crippen molar-refractivity contribution in [1.29, 1.82) is 5.26 Å².